The van der Waals surface area contributed by atoms with Crippen LogP contribution in [0.1, 0.15) is 27.1 Å². The van der Waals surface area contributed by atoms with Crippen molar-refractivity contribution in [2.24, 2.45) is 0 Å². The van der Waals surface area contributed by atoms with Crippen molar-refractivity contribution >= 4 is 34.9 Å². The van der Waals surface area contributed by atoms with Crippen LogP contribution in [0.25, 0.3) is 0 Å². The van der Waals surface area contributed by atoms with Crippen LogP contribution in [0.4, 0.5) is 0 Å². The predicted molar refractivity (Wildman–Crippen MR) is 131 cm³/mol. The number of rotatable bonds is 7. The molecule has 1 heterocycles. The molecule has 0 radical (unpaired) electrons. The van der Waals surface area contributed by atoms with Gasteiger partial charge in [-0.3, -0.25) is 14.5 Å². The first kappa shape index (κ1) is 23.3. The zero-order chi connectivity index (χ0) is 23.2. The maximum absolute atomic E-state index is 12.6. The van der Waals surface area contributed by atoms with Crippen LogP contribution in [-0.4, -0.2) is 54.2 Å². The molecule has 0 N–H and O–H groups in total. The van der Waals surface area contributed by atoms with Gasteiger partial charge in [0.2, 0.25) is 0 Å². The second-order valence-corrected chi connectivity index (χ2v) is 8.72. The van der Waals surface area contributed by atoms with Gasteiger partial charge in [-0.15, -0.1) is 0 Å². The molecule has 5 nitrogen and oxygen atoms in total. The second-order valence-electron chi connectivity index (χ2n) is 7.87. The summed E-state index contributed by atoms with van der Waals surface area (Å²) in [6, 6.07) is 21.4. The van der Waals surface area contributed by atoms with Crippen molar-refractivity contribution in [2.75, 3.05) is 32.7 Å². The third-order valence-corrected chi connectivity index (χ3v) is 6.16. The summed E-state index contributed by atoms with van der Waals surface area (Å²) < 4.78 is 5.77. The van der Waals surface area contributed by atoms with Gasteiger partial charge >= 0.3 is 0 Å². The van der Waals surface area contributed by atoms with E-state index in [1.54, 1.807) is 42.5 Å². The van der Waals surface area contributed by atoms with E-state index in [0.29, 0.717) is 58.7 Å². The SMILES string of the molecule is O=C(CCN1CCN(C(=O)c2ccccc2)CC1)c1ccc(Oc2ccc(Cl)cc2Cl)cc1. The number of amides is 1. The molecule has 7 heteroatoms. The van der Waals surface area contributed by atoms with Crippen molar-refractivity contribution in [2.45, 2.75) is 6.42 Å². The van der Waals surface area contributed by atoms with Gasteiger partial charge in [-0.1, -0.05) is 41.4 Å². The minimum atomic E-state index is 0.0634. The Kier molecular flexibility index (Phi) is 7.65. The number of carbonyl (C=O) groups is 2. The van der Waals surface area contributed by atoms with Crippen LogP contribution < -0.4 is 4.74 Å². The molecule has 3 aromatic carbocycles. The third-order valence-electron chi connectivity index (χ3n) is 5.63. The van der Waals surface area contributed by atoms with Gasteiger partial charge in [-0.25, -0.2) is 0 Å². The lowest BCUT2D eigenvalue weighted by atomic mass is 10.1. The first-order chi connectivity index (χ1) is 16.0. The Balaban J connectivity index is 1.24. The summed E-state index contributed by atoms with van der Waals surface area (Å²) in [5.41, 5.74) is 1.36. The summed E-state index contributed by atoms with van der Waals surface area (Å²) in [4.78, 5) is 29.3. The van der Waals surface area contributed by atoms with Crippen LogP contribution in [0, 0.1) is 0 Å². The first-order valence-electron chi connectivity index (χ1n) is 10.8. The number of Topliss-reactive ketones (excluding diaryl/α,β-unsaturated/α-hetero) is 1. The number of nitrogens with zero attached hydrogens (tertiary/aromatic N) is 2. The molecule has 1 saturated heterocycles. The highest BCUT2D eigenvalue weighted by atomic mass is 35.5. The van der Waals surface area contributed by atoms with E-state index in [1.165, 1.54) is 0 Å². The van der Waals surface area contributed by atoms with Crippen LogP contribution in [0.15, 0.2) is 72.8 Å². The fourth-order valence-electron chi connectivity index (χ4n) is 3.74. The van der Waals surface area contributed by atoms with E-state index in [1.807, 2.05) is 35.2 Å². The van der Waals surface area contributed by atoms with Gasteiger partial charge in [0.25, 0.3) is 5.91 Å². The molecule has 0 bridgehead atoms. The normalized spacial score (nSPS) is 14.2. The average Bonchev–Trinajstić information content (AvgIpc) is 2.85. The molecule has 1 amide bonds. The molecule has 3 aromatic rings. The fourth-order valence-corrected chi connectivity index (χ4v) is 4.18. The molecule has 0 unspecified atom stereocenters. The van der Waals surface area contributed by atoms with Gasteiger partial charge < -0.3 is 9.64 Å². The highest BCUT2D eigenvalue weighted by Crippen LogP contribution is 2.31. The highest BCUT2D eigenvalue weighted by Gasteiger charge is 2.22. The van der Waals surface area contributed by atoms with Gasteiger partial charge in [0.1, 0.15) is 11.5 Å². The summed E-state index contributed by atoms with van der Waals surface area (Å²) in [6.45, 7) is 3.54. The minimum Gasteiger partial charge on any atom is -0.456 e. The predicted octanol–water partition coefficient (Wildman–Crippen LogP) is 5.82. The molecule has 0 atom stereocenters. The number of piperazine rings is 1. The molecular weight excluding hydrogens is 459 g/mol. The molecule has 1 aliphatic heterocycles. The van der Waals surface area contributed by atoms with E-state index < -0.39 is 0 Å². The van der Waals surface area contributed by atoms with E-state index >= 15 is 0 Å². The summed E-state index contributed by atoms with van der Waals surface area (Å²) in [6.07, 6.45) is 0.426. The maximum Gasteiger partial charge on any atom is 0.253 e. The van der Waals surface area contributed by atoms with Crippen molar-refractivity contribution in [3.8, 4) is 11.5 Å². The highest BCUT2D eigenvalue weighted by molar-refractivity contribution is 6.35. The minimum absolute atomic E-state index is 0.0634. The van der Waals surface area contributed by atoms with Gasteiger partial charge in [0, 0.05) is 55.3 Å². The second kappa shape index (κ2) is 10.8. The lowest BCUT2D eigenvalue weighted by molar-refractivity contribution is 0.0628. The van der Waals surface area contributed by atoms with Gasteiger partial charge in [0.05, 0.1) is 5.02 Å². The lowest BCUT2D eigenvalue weighted by Crippen LogP contribution is -2.49. The van der Waals surface area contributed by atoms with Crippen molar-refractivity contribution in [3.63, 3.8) is 0 Å². The van der Waals surface area contributed by atoms with Crippen LogP contribution in [0.2, 0.25) is 10.0 Å². The Bertz CT molecular complexity index is 1110. The van der Waals surface area contributed by atoms with Crippen LogP contribution in [0.5, 0.6) is 11.5 Å². The lowest BCUT2D eigenvalue weighted by Gasteiger charge is -2.34. The summed E-state index contributed by atoms with van der Waals surface area (Å²) in [5.74, 6) is 1.24. The number of ether oxygens (including phenoxy) is 1. The standard InChI is InChI=1S/C26H24Cl2N2O3/c27-21-8-11-25(23(28)18-21)33-22-9-6-19(7-10-22)24(31)12-13-29-14-16-30(17-15-29)26(32)20-4-2-1-3-5-20/h1-11,18H,12-17H2. The van der Waals surface area contributed by atoms with E-state index in [2.05, 4.69) is 4.90 Å². The van der Waals surface area contributed by atoms with Gasteiger partial charge in [0.15, 0.2) is 5.78 Å². The smallest absolute Gasteiger partial charge is 0.253 e. The van der Waals surface area contributed by atoms with Crippen molar-refractivity contribution in [3.05, 3.63) is 94.0 Å². The number of hydrogen-bond donors (Lipinski definition) is 0. The first-order valence-corrected chi connectivity index (χ1v) is 11.6. The van der Waals surface area contributed by atoms with Crippen LogP contribution in [-0.2, 0) is 0 Å². The topological polar surface area (TPSA) is 49.9 Å². The molecule has 170 valence electrons. The Labute approximate surface area is 203 Å². The zero-order valence-electron chi connectivity index (χ0n) is 18.0. The van der Waals surface area contributed by atoms with Crippen molar-refractivity contribution < 1.29 is 14.3 Å². The molecule has 1 aliphatic rings. The molecule has 0 saturated carbocycles. The molecule has 0 spiro atoms. The van der Waals surface area contributed by atoms with Gasteiger partial charge in [-0.2, -0.15) is 0 Å². The molecular formula is C26H24Cl2N2O3. The third kappa shape index (κ3) is 6.14. The molecule has 0 aliphatic carbocycles. The summed E-state index contributed by atoms with van der Waals surface area (Å²) in [5, 5.41) is 0.964. The molecule has 1 fully saturated rings. The zero-order valence-corrected chi connectivity index (χ0v) is 19.6. The van der Waals surface area contributed by atoms with Gasteiger partial charge in [-0.05, 0) is 54.6 Å². The Morgan fingerprint density at radius 3 is 2.18 bits per heavy atom. The summed E-state index contributed by atoms with van der Waals surface area (Å²) in [7, 11) is 0. The van der Waals surface area contributed by atoms with E-state index in [0.717, 1.165) is 13.1 Å². The monoisotopic (exact) mass is 482 g/mol. The van der Waals surface area contributed by atoms with Crippen LogP contribution in [0.3, 0.4) is 0 Å². The number of halogens is 2. The summed E-state index contributed by atoms with van der Waals surface area (Å²) >= 11 is 12.1. The quantitative estimate of drug-likeness (QED) is 0.398. The van der Waals surface area contributed by atoms with Crippen molar-refractivity contribution in [1.29, 1.82) is 0 Å². The fraction of sp³-hybridized carbons (Fsp3) is 0.231. The van der Waals surface area contributed by atoms with E-state index in [4.69, 9.17) is 27.9 Å². The van der Waals surface area contributed by atoms with Crippen LogP contribution >= 0.6 is 23.2 Å². The Hall–Kier alpha value is -2.86. The number of carbonyl (C=O) groups excluding carboxylic acids is 2. The molecule has 0 aromatic heterocycles. The maximum atomic E-state index is 12.6. The number of benzene rings is 3. The number of hydrogen-bond acceptors (Lipinski definition) is 4. The van der Waals surface area contributed by atoms with Crippen molar-refractivity contribution in [1.82, 2.24) is 9.80 Å². The largest absolute Gasteiger partial charge is 0.456 e. The Morgan fingerprint density at radius 1 is 0.818 bits per heavy atom. The Morgan fingerprint density at radius 2 is 1.52 bits per heavy atom. The average molecular weight is 483 g/mol. The molecule has 4 rings (SSSR count). The number of ketones is 1. The van der Waals surface area contributed by atoms with E-state index in [9.17, 15) is 9.59 Å². The molecule has 33 heavy (non-hydrogen) atoms. The van der Waals surface area contributed by atoms with E-state index in [-0.39, 0.29) is 11.7 Å².